The quantitative estimate of drug-likeness (QED) is 0.793. The van der Waals surface area contributed by atoms with Crippen LogP contribution < -0.4 is 5.32 Å². The first-order valence-electron chi connectivity index (χ1n) is 6.09. The Morgan fingerprint density at radius 3 is 2.24 bits per heavy atom. The van der Waals surface area contributed by atoms with Gasteiger partial charge in [-0.3, -0.25) is 4.98 Å². The van der Waals surface area contributed by atoms with Gasteiger partial charge in [0.1, 0.15) is 0 Å². The first-order chi connectivity index (χ1) is 7.87. The largest absolute Gasteiger partial charge is 0.396 e. The molecule has 1 aromatic rings. The SMILES string of the molecule is CC(C)(CO)CNCC(C)(C)c1ccncc1. The maximum atomic E-state index is 9.19. The Kier molecular flexibility index (Phi) is 4.66. The summed E-state index contributed by atoms with van der Waals surface area (Å²) in [4.78, 5) is 4.04. The number of aliphatic hydroxyl groups is 1. The molecule has 0 unspecified atom stereocenters. The smallest absolute Gasteiger partial charge is 0.0494 e. The van der Waals surface area contributed by atoms with Gasteiger partial charge in [-0.15, -0.1) is 0 Å². The van der Waals surface area contributed by atoms with E-state index in [1.54, 1.807) is 0 Å². The zero-order valence-corrected chi connectivity index (χ0v) is 11.3. The van der Waals surface area contributed by atoms with E-state index in [-0.39, 0.29) is 17.4 Å². The van der Waals surface area contributed by atoms with Gasteiger partial charge in [0.15, 0.2) is 0 Å². The summed E-state index contributed by atoms with van der Waals surface area (Å²) in [5, 5.41) is 12.6. The third-order valence-electron chi connectivity index (χ3n) is 3.06. The minimum atomic E-state index is -0.0612. The van der Waals surface area contributed by atoms with Crippen molar-refractivity contribution in [2.75, 3.05) is 19.7 Å². The number of pyridine rings is 1. The van der Waals surface area contributed by atoms with Gasteiger partial charge < -0.3 is 10.4 Å². The molecule has 96 valence electrons. The molecule has 0 saturated heterocycles. The van der Waals surface area contributed by atoms with Crippen LogP contribution >= 0.6 is 0 Å². The second-order valence-electron chi connectivity index (χ2n) is 6.05. The topological polar surface area (TPSA) is 45.1 Å². The monoisotopic (exact) mass is 236 g/mol. The maximum Gasteiger partial charge on any atom is 0.0494 e. The van der Waals surface area contributed by atoms with E-state index in [9.17, 15) is 5.11 Å². The van der Waals surface area contributed by atoms with E-state index < -0.39 is 0 Å². The number of nitrogens with zero attached hydrogens (tertiary/aromatic N) is 1. The summed E-state index contributed by atoms with van der Waals surface area (Å²) >= 11 is 0. The van der Waals surface area contributed by atoms with E-state index >= 15 is 0 Å². The second kappa shape index (κ2) is 5.61. The van der Waals surface area contributed by atoms with Crippen LogP contribution in [0.2, 0.25) is 0 Å². The summed E-state index contributed by atoms with van der Waals surface area (Å²) < 4.78 is 0. The fraction of sp³-hybridized carbons (Fsp3) is 0.643. The lowest BCUT2D eigenvalue weighted by Crippen LogP contribution is -2.39. The van der Waals surface area contributed by atoms with E-state index in [0.29, 0.717) is 0 Å². The van der Waals surface area contributed by atoms with E-state index in [4.69, 9.17) is 0 Å². The number of aliphatic hydroxyl groups excluding tert-OH is 1. The fourth-order valence-corrected chi connectivity index (χ4v) is 1.67. The molecule has 0 radical (unpaired) electrons. The molecular formula is C14H24N2O. The van der Waals surface area contributed by atoms with Crippen LogP contribution in [0.1, 0.15) is 33.3 Å². The number of hydrogen-bond acceptors (Lipinski definition) is 3. The van der Waals surface area contributed by atoms with Gasteiger partial charge in [-0.25, -0.2) is 0 Å². The van der Waals surface area contributed by atoms with Gasteiger partial charge >= 0.3 is 0 Å². The molecule has 1 heterocycles. The van der Waals surface area contributed by atoms with E-state index in [0.717, 1.165) is 13.1 Å². The molecule has 0 aliphatic carbocycles. The van der Waals surface area contributed by atoms with Crippen LogP contribution in [0.3, 0.4) is 0 Å². The van der Waals surface area contributed by atoms with Crippen LogP contribution in [-0.4, -0.2) is 29.8 Å². The molecular weight excluding hydrogens is 212 g/mol. The van der Waals surface area contributed by atoms with Crippen molar-refractivity contribution >= 4 is 0 Å². The summed E-state index contributed by atoms with van der Waals surface area (Å²) in [5.41, 5.74) is 1.30. The highest BCUT2D eigenvalue weighted by atomic mass is 16.3. The highest BCUT2D eigenvalue weighted by molar-refractivity contribution is 5.20. The highest BCUT2D eigenvalue weighted by Gasteiger charge is 2.22. The summed E-state index contributed by atoms with van der Waals surface area (Å²) in [6.07, 6.45) is 3.66. The van der Waals surface area contributed by atoms with Crippen LogP contribution in [-0.2, 0) is 5.41 Å². The Balaban J connectivity index is 2.51. The van der Waals surface area contributed by atoms with Gasteiger partial charge in [-0.2, -0.15) is 0 Å². The van der Waals surface area contributed by atoms with Crippen LogP contribution in [0.25, 0.3) is 0 Å². The lowest BCUT2D eigenvalue weighted by Gasteiger charge is -2.29. The van der Waals surface area contributed by atoms with Crippen molar-refractivity contribution in [2.45, 2.75) is 33.1 Å². The molecule has 3 heteroatoms. The highest BCUT2D eigenvalue weighted by Crippen LogP contribution is 2.21. The summed E-state index contributed by atoms with van der Waals surface area (Å²) in [6.45, 7) is 10.4. The van der Waals surface area contributed by atoms with E-state index in [1.165, 1.54) is 5.56 Å². The molecule has 0 aromatic carbocycles. The molecule has 0 amide bonds. The molecule has 0 saturated carbocycles. The molecule has 0 aliphatic heterocycles. The van der Waals surface area contributed by atoms with Crippen molar-refractivity contribution in [2.24, 2.45) is 5.41 Å². The summed E-state index contributed by atoms with van der Waals surface area (Å²) in [6, 6.07) is 4.11. The number of aromatic nitrogens is 1. The van der Waals surface area contributed by atoms with Crippen molar-refractivity contribution in [3.63, 3.8) is 0 Å². The van der Waals surface area contributed by atoms with Gasteiger partial charge in [0.2, 0.25) is 0 Å². The first-order valence-corrected chi connectivity index (χ1v) is 6.09. The van der Waals surface area contributed by atoms with Crippen molar-refractivity contribution in [3.8, 4) is 0 Å². The third-order valence-corrected chi connectivity index (χ3v) is 3.06. The molecule has 0 spiro atoms. The predicted octanol–water partition coefficient (Wildman–Crippen LogP) is 1.97. The van der Waals surface area contributed by atoms with Gasteiger partial charge in [-0.05, 0) is 17.7 Å². The average molecular weight is 236 g/mol. The van der Waals surface area contributed by atoms with Gasteiger partial charge in [-0.1, -0.05) is 27.7 Å². The minimum absolute atomic E-state index is 0.0612. The molecule has 1 rings (SSSR count). The molecule has 2 N–H and O–H groups in total. The Bertz CT molecular complexity index is 333. The molecule has 0 fully saturated rings. The minimum Gasteiger partial charge on any atom is -0.396 e. The molecule has 1 aromatic heterocycles. The van der Waals surface area contributed by atoms with Gasteiger partial charge in [0.25, 0.3) is 0 Å². The Hall–Kier alpha value is -0.930. The molecule has 0 aliphatic rings. The van der Waals surface area contributed by atoms with Crippen LogP contribution in [0, 0.1) is 5.41 Å². The van der Waals surface area contributed by atoms with Crippen molar-refractivity contribution in [3.05, 3.63) is 30.1 Å². The Labute approximate surface area is 104 Å². The van der Waals surface area contributed by atoms with Crippen LogP contribution in [0.5, 0.6) is 0 Å². The maximum absolute atomic E-state index is 9.19. The van der Waals surface area contributed by atoms with Gasteiger partial charge in [0, 0.05) is 42.9 Å². The Morgan fingerprint density at radius 1 is 1.12 bits per heavy atom. The second-order valence-corrected chi connectivity index (χ2v) is 6.05. The summed E-state index contributed by atoms with van der Waals surface area (Å²) in [7, 11) is 0. The third kappa shape index (κ3) is 4.44. The average Bonchev–Trinajstić information content (AvgIpc) is 2.30. The molecule has 17 heavy (non-hydrogen) atoms. The molecule has 0 atom stereocenters. The fourth-order valence-electron chi connectivity index (χ4n) is 1.67. The zero-order valence-electron chi connectivity index (χ0n) is 11.3. The lowest BCUT2D eigenvalue weighted by molar-refractivity contribution is 0.155. The van der Waals surface area contributed by atoms with E-state index in [1.807, 2.05) is 12.4 Å². The summed E-state index contributed by atoms with van der Waals surface area (Å²) in [5.74, 6) is 0. The number of rotatable bonds is 6. The molecule has 3 nitrogen and oxygen atoms in total. The first kappa shape index (κ1) is 14.1. The van der Waals surface area contributed by atoms with Crippen LogP contribution in [0.4, 0.5) is 0 Å². The van der Waals surface area contributed by atoms with Crippen molar-refractivity contribution in [1.29, 1.82) is 0 Å². The normalized spacial score (nSPS) is 12.8. The standard InChI is InChI=1S/C14H24N2O/c1-13(2,11-17)9-16-10-14(3,4)12-5-7-15-8-6-12/h5-8,16-17H,9-11H2,1-4H3. The number of nitrogens with one attached hydrogen (secondary N) is 1. The van der Waals surface area contributed by atoms with Crippen molar-refractivity contribution < 1.29 is 5.11 Å². The lowest BCUT2D eigenvalue weighted by atomic mass is 9.84. The molecule has 0 bridgehead atoms. The van der Waals surface area contributed by atoms with Gasteiger partial charge in [0.05, 0.1) is 0 Å². The zero-order chi connectivity index (χ0) is 12.9. The number of hydrogen-bond donors (Lipinski definition) is 2. The predicted molar refractivity (Wildman–Crippen MR) is 71.0 cm³/mol. The van der Waals surface area contributed by atoms with Crippen molar-refractivity contribution in [1.82, 2.24) is 10.3 Å². The van der Waals surface area contributed by atoms with Crippen LogP contribution in [0.15, 0.2) is 24.5 Å². The Morgan fingerprint density at radius 2 is 1.71 bits per heavy atom. The van der Waals surface area contributed by atoms with E-state index in [2.05, 4.69) is 50.1 Å².